The molecule has 0 unspecified atom stereocenters. The molecule has 0 amide bonds. The highest BCUT2D eigenvalue weighted by atomic mass is 28.4. The molecule has 0 saturated carbocycles. The summed E-state index contributed by atoms with van der Waals surface area (Å²) >= 11 is 0. The molecule has 2 rings (SSSR count). The van der Waals surface area contributed by atoms with Crippen LogP contribution in [-0.2, 0) is 9.16 Å². The summed E-state index contributed by atoms with van der Waals surface area (Å²) in [5.74, 6) is 0. The van der Waals surface area contributed by atoms with Crippen LogP contribution in [0, 0.1) is 6.92 Å². The molecule has 0 aliphatic carbocycles. The quantitative estimate of drug-likeness (QED) is 0.662. The number of aromatic amines is 1. The maximum atomic E-state index is 12.3. The molecular weight excluding hydrogens is 344 g/mol. The highest BCUT2D eigenvalue weighted by Crippen LogP contribution is 2.41. The largest absolute Gasteiger partial charge is 0.407 e. The summed E-state index contributed by atoms with van der Waals surface area (Å²) in [6.45, 7) is 10.8. The lowest BCUT2D eigenvalue weighted by molar-refractivity contribution is -0.0535. The third-order valence-electron chi connectivity index (χ3n) is 5.00. The first-order valence-corrected chi connectivity index (χ1v) is 11.1. The van der Waals surface area contributed by atoms with E-state index < -0.39 is 50.7 Å². The van der Waals surface area contributed by atoms with E-state index in [4.69, 9.17) is 10.5 Å². The molecule has 1 aliphatic heterocycles. The summed E-state index contributed by atoms with van der Waals surface area (Å²) in [7, 11) is -2.45. The van der Waals surface area contributed by atoms with Crippen LogP contribution in [0.3, 0.4) is 0 Å². The number of hydrogen-bond acceptors (Lipinski definition) is 6. The fraction of sp³-hybridized carbons (Fsp3) is 0.750. The Labute approximate surface area is 149 Å². The molecule has 1 fully saturated rings. The Morgan fingerprint density at radius 3 is 2.56 bits per heavy atom. The second-order valence-corrected chi connectivity index (χ2v) is 12.7. The molecule has 0 aromatic carbocycles. The van der Waals surface area contributed by atoms with Crippen molar-refractivity contribution in [1.82, 2.24) is 9.55 Å². The molecule has 0 radical (unpaired) electrons. The number of nitrogens with zero attached hydrogens (tertiary/aromatic N) is 1. The van der Waals surface area contributed by atoms with Gasteiger partial charge in [-0.05, 0) is 25.1 Å². The van der Waals surface area contributed by atoms with E-state index in [1.807, 2.05) is 33.9 Å². The summed E-state index contributed by atoms with van der Waals surface area (Å²) in [5.41, 5.74) is -0.977. The van der Waals surface area contributed by atoms with E-state index >= 15 is 0 Å². The number of nitrogens with one attached hydrogen (secondary N) is 1. The Bertz CT molecular complexity index is 782. The van der Waals surface area contributed by atoms with Gasteiger partial charge in [0.1, 0.15) is 18.3 Å². The molecule has 25 heavy (non-hydrogen) atoms. The molecule has 4 atom stereocenters. The molecule has 1 aromatic heterocycles. The van der Waals surface area contributed by atoms with Gasteiger partial charge in [-0.15, -0.1) is 0 Å². The molecule has 0 bridgehead atoms. The van der Waals surface area contributed by atoms with E-state index in [0.29, 0.717) is 0 Å². The Morgan fingerprint density at radius 2 is 2.04 bits per heavy atom. The highest BCUT2D eigenvalue weighted by Gasteiger charge is 2.50. The average Bonchev–Trinajstić information content (AvgIpc) is 2.72. The zero-order chi connectivity index (χ0) is 20.1. The lowest BCUT2D eigenvalue weighted by Gasteiger charge is -2.40. The maximum Gasteiger partial charge on any atom is 0.330 e. The normalized spacial score (nSPS) is 31.2. The van der Waals surface area contributed by atoms with Crippen molar-refractivity contribution >= 4 is 8.32 Å². The predicted molar refractivity (Wildman–Crippen MR) is 95.1 cm³/mol. The van der Waals surface area contributed by atoms with Crippen molar-refractivity contribution in [3.8, 4) is 0 Å². The van der Waals surface area contributed by atoms with Crippen molar-refractivity contribution in [2.45, 2.75) is 70.3 Å². The number of ether oxygens (including phenoxy) is 1. The van der Waals surface area contributed by atoms with Crippen LogP contribution in [0.1, 0.15) is 33.9 Å². The topological polar surface area (TPSA) is 114 Å². The Hall–Kier alpha value is -1.26. The van der Waals surface area contributed by atoms with Crippen LogP contribution in [0.15, 0.2) is 15.8 Å². The third-order valence-corrected chi connectivity index (χ3v) is 9.45. The second-order valence-electron chi connectivity index (χ2n) is 7.90. The van der Waals surface area contributed by atoms with Gasteiger partial charge >= 0.3 is 5.69 Å². The summed E-state index contributed by atoms with van der Waals surface area (Å²) in [5, 5.41) is 20.0. The zero-order valence-electron chi connectivity index (χ0n) is 16.5. The lowest BCUT2D eigenvalue weighted by atomic mass is 10.1. The number of aromatic nitrogens is 2. The van der Waals surface area contributed by atoms with E-state index in [9.17, 15) is 19.8 Å². The van der Waals surface area contributed by atoms with E-state index in [0.717, 1.165) is 4.57 Å². The Morgan fingerprint density at radius 1 is 1.44 bits per heavy atom. The summed E-state index contributed by atoms with van der Waals surface area (Å²) in [6, 6.07) is 0. The number of hydrogen-bond donors (Lipinski definition) is 3. The molecule has 1 aromatic rings. The molecular formula is C16H28N2O6Si. The molecule has 142 valence electrons. The number of aliphatic hydroxyl groups is 2. The second kappa shape index (κ2) is 6.80. The number of H-pyrrole nitrogens is 1. The molecule has 0 spiro atoms. The maximum absolute atomic E-state index is 12.3. The van der Waals surface area contributed by atoms with E-state index in [-0.39, 0.29) is 10.6 Å². The molecule has 3 N–H and O–H groups in total. The first-order valence-electron chi connectivity index (χ1n) is 8.71. The zero-order valence-corrected chi connectivity index (χ0v) is 16.5. The first kappa shape index (κ1) is 18.5. The Balaban J connectivity index is 2.55. The summed E-state index contributed by atoms with van der Waals surface area (Å²) < 4.78 is 21.2. The smallest absolute Gasteiger partial charge is 0.330 e. The molecule has 2 heterocycles. The van der Waals surface area contributed by atoms with Gasteiger partial charge < -0.3 is 19.4 Å². The van der Waals surface area contributed by atoms with Crippen LogP contribution in [0.4, 0.5) is 0 Å². The minimum atomic E-state index is -2.45. The number of aliphatic hydroxyl groups excluding tert-OH is 1. The van der Waals surface area contributed by atoms with E-state index in [1.165, 1.54) is 13.1 Å². The van der Waals surface area contributed by atoms with Gasteiger partial charge in [0.15, 0.2) is 14.5 Å². The summed E-state index contributed by atoms with van der Waals surface area (Å²) in [4.78, 5) is 26.1. The van der Waals surface area contributed by atoms with Crippen molar-refractivity contribution in [1.29, 1.82) is 0 Å². The first-order chi connectivity index (χ1) is 11.7. The predicted octanol–water partition coefficient (Wildman–Crippen LogP) is 0.486. The van der Waals surface area contributed by atoms with Crippen molar-refractivity contribution in [3.05, 3.63) is 32.6 Å². The molecule has 9 heteroatoms. The molecule has 1 saturated heterocycles. The van der Waals surface area contributed by atoms with Gasteiger partial charge in [-0.25, -0.2) is 4.79 Å². The van der Waals surface area contributed by atoms with Gasteiger partial charge in [-0.1, -0.05) is 20.8 Å². The van der Waals surface area contributed by atoms with Gasteiger partial charge in [0.05, 0.1) is 7.98 Å². The van der Waals surface area contributed by atoms with Crippen LogP contribution >= 0.6 is 0 Å². The van der Waals surface area contributed by atoms with Crippen LogP contribution in [-0.4, -0.2) is 53.0 Å². The van der Waals surface area contributed by atoms with Crippen molar-refractivity contribution in [2.24, 2.45) is 0 Å². The van der Waals surface area contributed by atoms with Gasteiger partial charge in [0.2, 0.25) is 0 Å². The van der Waals surface area contributed by atoms with Crippen molar-refractivity contribution in [3.63, 3.8) is 0 Å². The van der Waals surface area contributed by atoms with Gasteiger partial charge in [-0.2, -0.15) is 0 Å². The van der Waals surface area contributed by atoms with Gasteiger partial charge in [-0.3, -0.25) is 14.3 Å². The minimum absolute atomic E-state index is 0.211. The highest BCUT2D eigenvalue weighted by molar-refractivity contribution is 6.74. The minimum Gasteiger partial charge on any atom is -0.407 e. The van der Waals surface area contributed by atoms with Crippen molar-refractivity contribution in [2.75, 3.05) is 6.61 Å². The Kier molecular flexibility index (Phi) is 5.04. The standard InChI is InChI=1S/C16H28N2O6Si/c1-9-7-18(15(22)17-13(9)21)14-12(11(20)10(8-19)23-14)24-25(5,6)16(2,3)4/h7,10-12,14,19-20H,8H2,1-6H3,(H,17,21,22)/t10-,11-,12-,14-/m1/s1/i11D. The number of rotatable bonds is 4. The number of aryl methyl sites for hydroxylation is 1. The van der Waals surface area contributed by atoms with E-state index in [1.54, 1.807) is 0 Å². The molecule has 8 nitrogen and oxygen atoms in total. The lowest BCUT2D eigenvalue weighted by Crippen LogP contribution is -2.49. The van der Waals surface area contributed by atoms with Crippen LogP contribution in [0.25, 0.3) is 0 Å². The van der Waals surface area contributed by atoms with Crippen LogP contribution in [0.2, 0.25) is 18.1 Å². The summed E-state index contributed by atoms with van der Waals surface area (Å²) in [6.07, 6.45) is -4.54. The van der Waals surface area contributed by atoms with Crippen LogP contribution in [0.5, 0.6) is 0 Å². The fourth-order valence-electron chi connectivity index (χ4n) is 2.37. The third kappa shape index (κ3) is 3.80. The van der Waals surface area contributed by atoms with Crippen LogP contribution < -0.4 is 11.2 Å². The monoisotopic (exact) mass is 373 g/mol. The van der Waals surface area contributed by atoms with Crippen molar-refractivity contribution < 1.29 is 20.7 Å². The molecule has 1 aliphatic rings. The van der Waals surface area contributed by atoms with E-state index in [2.05, 4.69) is 4.98 Å². The van der Waals surface area contributed by atoms with Gasteiger partial charge in [0, 0.05) is 11.8 Å². The SMILES string of the molecule is [2H][C@@]1(O)[C@@H](CO)O[C@@H](n2cc(C)c(=O)[nH]c2=O)[C@@H]1O[Si](C)(C)C(C)(C)C. The fourth-order valence-corrected chi connectivity index (χ4v) is 3.60. The average molecular weight is 374 g/mol. The van der Waals surface area contributed by atoms with Gasteiger partial charge in [0.25, 0.3) is 5.56 Å².